The Bertz CT molecular complexity index is 740. The number of aryl methyl sites for hydroxylation is 1. The average molecular weight is 334 g/mol. The number of anilines is 1. The number of amides is 1. The standard InChI is InChI=1S/C16H18N2O6/c1-4-11(15(20)17-13-8-9(2)24-18-13)23-16(21)10-6-5-7-12(22-3)14(10)19/h5-8,11,19H,4H2,1-3H3,(H,17,18,20). The lowest BCUT2D eigenvalue weighted by Gasteiger charge is -2.16. The summed E-state index contributed by atoms with van der Waals surface area (Å²) in [5.74, 6) is -0.799. The number of methoxy groups -OCH3 is 1. The second kappa shape index (κ2) is 7.49. The van der Waals surface area contributed by atoms with Gasteiger partial charge < -0.3 is 24.4 Å². The van der Waals surface area contributed by atoms with Gasteiger partial charge in [-0.1, -0.05) is 18.1 Å². The summed E-state index contributed by atoms with van der Waals surface area (Å²) in [5, 5.41) is 16.1. The molecule has 8 heteroatoms. The molecule has 0 aliphatic rings. The maximum Gasteiger partial charge on any atom is 0.342 e. The fraction of sp³-hybridized carbons (Fsp3) is 0.312. The first kappa shape index (κ1) is 17.3. The smallest absolute Gasteiger partial charge is 0.342 e. The van der Waals surface area contributed by atoms with E-state index in [1.165, 1.54) is 25.3 Å². The van der Waals surface area contributed by atoms with Gasteiger partial charge in [0, 0.05) is 6.07 Å². The average Bonchev–Trinajstić information content (AvgIpc) is 2.97. The van der Waals surface area contributed by atoms with Crippen molar-refractivity contribution in [1.29, 1.82) is 0 Å². The minimum Gasteiger partial charge on any atom is -0.504 e. The van der Waals surface area contributed by atoms with Gasteiger partial charge in [-0.25, -0.2) is 4.79 Å². The van der Waals surface area contributed by atoms with Crippen LogP contribution in [0.25, 0.3) is 0 Å². The number of aromatic nitrogens is 1. The molecule has 1 unspecified atom stereocenters. The van der Waals surface area contributed by atoms with Crippen LogP contribution in [0.2, 0.25) is 0 Å². The molecule has 1 aromatic heterocycles. The van der Waals surface area contributed by atoms with Gasteiger partial charge in [-0.15, -0.1) is 0 Å². The number of nitrogens with one attached hydrogen (secondary N) is 1. The van der Waals surface area contributed by atoms with Crippen molar-refractivity contribution >= 4 is 17.7 Å². The van der Waals surface area contributed by atoms with Crippen molar-refractivity contribution in [3.63, 3.8) is 0 Å². The summed E-state index contributed by atoms with van der Waals surface area (Å²) < 4.78 is 15.0. The Hall–Kier alpha value is -3.03. The van der Waals surface area contributed by atoms with Crippen molar-refractivity contribution in [2.24, 2.45) is 0 Å². The lowest BCUT2D eigenvalue weighted by Crippen LogP contribution is -2.32. The van der Waals surface area contributed by atoms with Gasteiger partial charge >= 0.3 is 5.97 Å². The van der Waals surface area contributed by atoms with Crippen LogP contribution in [0, 0.1) is 6.92 Å². The van der Waals surface area contributed by atoms with Crippen molar-refractivity contribution in [3.8, 4) is 11.5 Å². The summed E-state index contributed by atoms with van der Waals surface area (Å²) in [6.45, 7) is 3.38. The third-order valence-electron chi connectivity index (χ3n) is 3.23. The minimum absolute atomic E-state index is 0.0853. The fourth-order valence-electron chi connectivity index (χ4n) is 2.00. The Morgan fingerprint density at radius 1 is 1.42 bits per heavy atom. The summed E-state index contributed by atoms with van der Waals surface area (Å²) in [6.07, 6.45) is -0.792. The van der Waals surface area contributed by atoms with Gasteiger partial charge in [0.25, 0.3) is 5.91 Å². The Morgan fingerprint density at radius 3 is 2.75 bits per heavy atom. The highest BCUT2D eigenvalue weighted by molar-refractivity contribution is 5.98. The summed E-state index contributed by atoms with van der Waals surface area (Å²) in [5.41, 5.74) is -0.0853. The number of carbonyl (C=O) groups is 2. The number of aromatic hydroxyl groups is 1. The number of para-hydroxylation sites is 1. The Balaban J connectivity index is 2.09. The second-order valence-corrected chi connectivity index (χ2v) is 4.97. The number of benzene rings is 1. The normalized spacial score (nSPS) is 11.6. The molecule has 0 radical (unpaired) electrons. The zero-order chi connectivity index (χ0) is 17.7. The van der Waals surface area contributed by atoms with Crippen molar-refractivity contribution in [3.05, 3.63) is 35.6 Å². The number of phenolic OH excluding ortho intramolecular Hbond substituents is 1. The molecular weight excluding hydrogens is 316 g/mol. The number of hydrogen-bond donors (Lipinski definition) is 2. The van der Waals surface area contributed by atoms with Crippen LogP contribution in [-0.4, -0.2) is 35.4 Å². The summed E-state index contributed by atoms with van der Waals surface area (Å²) >= 11 is 0. The topological polar surface area (TPSA) is 111 Å². The maximum absolute atomic E-state index is 12.2. The van der Waals surface area contributed by atoms with E-state index in [2.05, 4.69) is 10.5 Å². The molecule has 0 spiro atoms. The molecule has 1 atom stereocenters. The largest absolute Gasteiger partial charge is 0.504 e. The number of phenols is 1. The number of nitrogens with zero attached hydrogens (tertiary/aromatic N) is 1. The molecule has 24 heavy (non-hydrogen) atoms. The molecule has 128 valence electrons. The zero-order valence-corrected chi connectivity index (χ0v) is 13.5. The van der Waals surface area contributed by atoms with E-state index in [0.717, 1.165) is 0 Å². The van der Waals surface area contributed by atoms with Crippen molar-refractivity contribution in [2.45, 2.75) is 26.4 Å². The van der Waals surface area contributed by atoms with E-state index >= 15 is 0 Å². The molecule has 0 saturated heterocycles. The molecule has 0 fully saturated rings. The zero-order valence-electron chi connectivity index (χ0n) is 13.5. The van der Waals surface area contributed by atoms with Crippen molar-refractivity contribution in [2.75, 3.05) is 12.4 Å². The van der Waals surface area contributed by atoms with E-state index < -0.39 is 18.0 Å². The Labute approximate surface area is 138 Å². The predicted octanol–water partition coefficient (Wildman–Crippen LogP) is 2.27. The number of ether oxygens (including phenoxy) is 2. The van der Waals surface area contributed by atoms with Crippen molar-refractivity contribution < 1.29 is 28.7 Å². The number of carbonyl (C=O) groups excluding carboxylic acids is 2. The van der Waals surface area contributed by atoms with Crippen LogP contribution in [0.3, 0.4) is 0 Å². The molecule has 0 aliphatic carbocycles. The first-order valence-corrected chi connectivity index (χ1v) is 7.27. The summed E-state index contributed by atoms with van der Waals surface area (Å²) in [6, 6.07) is 5.96. The van der Waals surface area contributed by atoms with Crippen LogP contribution < -0.4 is 10.1 Å². The molecule has 2 N–H and O–H groups in total. The van der Waals surface area contributed by atoms with E-state index in [0.29, 0.717) is 5.76 Å². The van der Waals surface area contributed by atoms with E-state index in [1.807, 2.05) is 0 Å². The molecule has 0 bridgehead atoms. The van der Waals surface area contributed by atoms with Gasteiger partial charge in [-0.05, 0) is 25.5 Å². The Morgan fingerprint density at radius 2 is 2.17 bits per heavy atom. The molecule has 2 aromatic rings. The van der Waals surface area contributed by atoms with E-state index in [9.17, 15) is 14.7 Å². The van der Waals surface area contributed by atoms with Crippen molar-refractivity contribution in [1.82, 2.24) is 5.16 Å². The number of hydrogen-bond acceptors (Lipinski definition) is 7. The second-order valence-electron chi connectivity index (χ2n) is 4.97. The molecule has 1 aromatic carbocycles. The molecule has 8 nitrogen and oxygen atoms in total. The highest BCUT2D eigenvalue weighted by Crippen LogP contribution is 2.30. The van der Waals surface area contributed by atoms with E-state index in [-0.39, 0.29) is 29.3 Å². The quantitative estimate of drug-likeness (QED) is 0.779. The Kier molecular flexibility index (Phi) is 5.41. The maximum atomic E-state index is 12.2. The fourth-order valence-corrected chi connectivity index (χ4v) is 2.00. The van der Waals surface area contributed by atoms with Crippen LogP contribution in [0.5, 0.6) is 11.5 Å². The van der Waals surface area contributed by atoms with Crippen LogP contribution in [0.4, 0.5) is 5.82 Å². The number of rotatable bonds is 6. The van der Waals surface area contributed by atoms with E-state index in [1.54, 1.807) is 19.9 Å². The highest BCUT2D eigenvalue weighted by atomic mass is 16.5. The van der Waals surface area contributed by atoms with Crippen LogP contribution >= 0.6 is 0 Å². The summed E-state index contributed by atoms with van der Waals surface area (Å²) in [7, 11) is 1.37. The van der Waals surface area contributed by atoms with Gasteiger partial charge in [0.1, 0.15) is 11.3 Å². The highest BCUT2D eigenvalue weighted by Gasteiger charge is 2.25. The van der Waals surface area contributed by atoms with Crippen LogP contribution in [0.15, 0.2) is 28.8 Å². The molecule has 2 rings (SSSR count). The summed E-state index contributed by atoms with van der Waals surface area (Å²) in [4.78, 5) is 24.4. The predicted molar refractivity (Wildman–Crippen MR) is 84.0 cm³/mol. The first-order chi connectivity index (χ1) is 11.5. The van der Waals surface area contributed by atoms with Gasteiger partial charge in [-0.3, -0.25) is 4.79 Å². The lowest BCUT2D eigenvalue weighted by atomic mass is 10.2. The van der Waals surface area contributed by atoms with Crippen LogP contribution in [0.1, 0.15) is 29.5 Å². The number of esters is 1. The molecule has 1 heterocycles. The molecule has 1 amide bonds. The minimum atomic E-state index is -1.04. The third-order valence-corrected chi connectivity index (χ3v) is 3.23. The first-order valence-electron chi connectivity index (χ1n) is 7.27. The van der Waals surface area contributed by atoms with Gasteiger partial charge in [0.05, 0.1) is 7.11 Å². The van der Waals surface area contributed by atoms with E-state index in [4.69, 9.17) is 14.0 Å². The van der Waals surface area contributed by atoms with Gasteiger partial charge in [0.15, 0.2) is 23.4 Å². The van der Waals surface area contributed by atoms with Gasteiger partial charge in [0.2, 0.25) is 0 Å². The molecule has 0 saturated carbocycles. The molecular formula is C16H18N2O6. The monoisotopic (exact) mass is 334 g/mol. The third kappa shape index (κ3) is 3.83. The lowest BCUT2D eigenvalue weighted by molar-refractivity contribution is -0.124. The SMILES string of the molecule is CCC(OC(=O)c1cccc(OC)c1O)C(=O)Nc1cc(C)on1. The van der Waals surface area contributed by atoms with Crippen LogP contribution in [-0.2, 0) is 9.53 Å². The van der Waals surface area contributed by atoms with Gasteiger partial charge in [-0.2, -0.15) is 0 Å². The molecule has 0 aliphatic heterocycles.